The molecule has 0 aliphatic rings. The zero-order chi connectivity index (χ0) is 27.8. The molecule has 0 fully saturated rings. The second-order valence-electron chi connectivity index (χ2n) is 8.90. The van der Waals surface area contributed by atoms with Crippen molar-refractivity contribution in [1.29, 1.82) is 0 Å². The Labute approximate surface area is 231 Å². The maximum Gasteiger partial charge on any atom is 0.251 e. The average Bonchev–Trinajstić information content (AvgIpc) is 2.93. The number of hydrogen-bond acceptors (Lipinski definition) is 6. The maximum absolute atomic E-state index is 13.8. The van der Waals surface area contributed by atoms with E-state index in [-0.39, 0.29) is 18.2 Å². The van der Waals surface area contributed by atoms with E-state index >= 15 is 0 Å². The van der Waals surface area contributed by atoms with Crippen molar-refractivity contribution in [3.63, 3.8) is 0 Å². The summed E-state index contributed by atoms with van der Waals surface area (Å²) in [5.74, 6) is -0.482. The summed E-state index contributed by atoms with van der Waals surface area (Å²) in [6.45, 7) is 3.92. The smallest absolute Gasteiger partial charge is 0.251 e. The number of halogens is 1. The van der Waals surface area contributed by atoms with E-state index in [0.29, 0.717) is 22.2 Å². The molecule has 0 unspecified atom stereocenters. The van der Waals surface area contributed by atoms with Gasteiger partial charge in [0.15, 0.2) is 5.16 Å². The van der Waals surface area contributed by atoms with E-state index in [9.17, 15) is 14.0 Å². The van der Waals surface area contributed by atoms with Gasteiger partial charge in [-0.15, -0.1) is 0 Å². The van der Waals surface area contributed by atoms with Crippen LogP contribution < -0.4 is 10.1 Å². The fourth-order valence-electron chi connectivity index (χ4n) is 4.07. The molecule has 0 radical (unpaired) electrons. The van der Waals surface area contributed by atoms with Gasteiger partial charge in [0.1, 0.15) is 17.6 Å². The number of rotatable bonds is 10. The molecule has 4 aromatic rings. The highest BCUT2D eigenvalue weighted by atomic mass is 32.2. The lowest BCUT2D eigenvalue weighted by Crippen LogP contribution is -2.41. The van der Waals surface area contributed by atoms with Gasteiger partial charge in [0, 0.05) is 23.6 Å². The zero-order valence-corrected chi connectivity index (χ0v) is 22.7. The highest BCUT2D eigenvalue weighted by Gasteiger charge is 2.32. The average molecular weight is 545 g/mol. The molecule has 1 N–H and O–H groups in total. The van der Waals surface area contributed by atoms with Gasteiger partial charge in [-0.25, -0.2) is 14.4 Å². The Morgan fingerprint density at radius 2 is 1.59 bits per heavy atom. The molecule has 2 amide bonds. The second-order valence-corrected chi connectivity index (χ2v) is 9.84. The highest BCUT2D eigenvalue weighted by molar-refractivity contribution is 7.99. The number of benzene rings is 3. The number of nitrogens with zero attached hydrogens (tertiary/aromatic N) is 3. The summed E-state index contributed by atoms with van der Waals surface area (Å²) in [6.07, 6.45) is 0. The third kappa shape index (κ3) is 7.64. The molecular formula is C30H29FN4O3S. The molecule has 39 heavy (non-hydrogen) atoms. The minimum Gasteiger partial charge on any atom is -0.497 e. The molecule has 200 valence electrons. The first-order valence-electron chi connectivity index (χ1n) is 12.3. The molecule has 1 heterocycles. The van der Waals surface area contributed by atoms with E-state index in [4.69, 9.17) is 4.74 Å². The van der Waals surface area contributed by atoms with Gasteiger partial charge in [0.25, 0.3) is 5.91 Å². The molecular weight excluding hydrogens is 515 g/mol. The first-order valence-corrected chi connectivity index (χ1v) is 13.3. The zero-order valence-electron chi connectivity index (χ0n) is 21.9. The fourth-order valence-corrected chi connectivity index (χ4v) is 4.91. The molecule has 0 aliphatic heterocycles. The Balaban J connectivity index is 1.67. The van der Waals surface area contributed by atoms with E-state index in [2.05, 4.69) is 15.3 Å². The van der Waals surface area contributed by atoms with Crippen LogP contribution in [-0.4, -0.2) is 39.5 Å². The Morgan fingerprint density at radius 1 is 0.949 bits per heavy atom. The SMILES string of the molecule is COc1ccc(NC(=O)[C@H](c2ccc(F)cc2)N(Cc2ccccc2)C(=O)CSc2nc(C)cc(C)n2)cc1. The van der Waals surface area contributed by atoms with Crippen molar-refractivity contribution in [2.75, 3.05) is 18.2 Å². The van der Waals surface area contributed by atoms with E-state index in [0.717, 1.165) is 17.0 Å². The van der Waals surface area contributed by atoms with Gasteiger partial charge in [0.2, 0.25) is 5.91 Å². The molecule has 0 saturated carbocycles. The van der Waals surface area contributed by atoms with E-state index in [1.54, 1.807) is 31.4 Å². The summed E-state index contributed by atoms with van der Waals surface area (Å²) in [6, 6.07) is 22.8. The molecule has 4 rings (SSSR count). The number of carbonyl (C=O) groups excluding carboxylic acids is 2. The van der Waals surface area contributed by atoms with Crippen LogP contribution in [0.1, 0.15) is 28.6 Å². The molecule has 1 aromatic heterocycles. The Morgan fingerprint density at radius 3 is 2.21 bits per heavy atom. The lowest BCUT2D eigenvalue weighted by molar-refractivity contribution is -0.137. The van der Waals surface area contributed by atoms with Crippen LogP contribution in [0.2, 0.25) is 0 Å². The lowest BCUT2D eigenvalue weighted by Gasteiger charge is -2.31. The maximum atomic E-state index is 13.8. The monoisotopic (exact) mass is 544 g/mol. The summed E-state index contributed by atoms with van der Waals surface area (Å²) in [5.41, 5.74) is 3.49. The van der Waals surface area contributed by atoms with Gasteiger partial charge >= 0.3 is 0 Å². The predicted molar refractivity (Wildman–Crippen MR) is 150 cm³/mol. The minimum atomic E-state index is -1.03. The molecule has 3 aromatic carbocycles. The van der Waals surface area contributed by atoms with E-state index in [1.165, 1.54) is 40.9 Å². The van der Waals surface area contributed by atoms with Crippen molar-refractivity contribution >= 4 is 29.3 Å². The van der Waals surface area contributed by atoms with Gasteiger partial charge in [-0.3, -0.25) is 9.59 Å². The Kier molecular flexibility index (Phi) is 9.27. The number of nitrogens with one attached hydrogen (secondary N) is 1. The molecule has 1 atom stereocenters. The van der Waals surface area contributed by atoms with E-state index < -0.39 is 17.8 Å². The normalized spacial score (nSPS) is 11.5. The number of ether oxygens (including phenoxy) is 1. The first kappa shape index (κ1) is 27.8. The van der Waals surface area contributed by atoms with Gasteiger partial charge in [-0.1, -0.05) is 54.2 Å². The first-order chi connectivity index (χ1) is 18.8. The van der Waals surface area contributed by atoms with Crippen LogP contribution in [0.3, 0.4) is 0 Å². The molecule has 7 nitrogen and oxygen atoms in total. The Hall–Kier alpha value is -4.24. The van der Waals surface area contributed by atoms with Crippen molar-refractivity contribution in [3.05, 3.63) is 113 Å². The predicted octanol–water partition coefficient (Wildman–Crippen LogP) is 5.74. The van der Waals surface area contributed by atoms with Gasteiger partial charge in [-0.05, 0) is 67.4 Å². The van der Waals surface area contributed by atoms with Crippen molar-refractivity contribution in [1.82, 2.24) is 14.9 Å². The Bertz CT molecular complexity index is 1400. The summed E-state index contributed by atoms with van der Waals surface area (Å²) in [7, 11) is 1.56. The van der Waals surface area contributed by atoms with Crippen molar-refractivity contribution < 1.29 is 18.7 Å². The van der Waals surface area contributed by atoms with Crippen LogP contribution in [-0.2, 0) is 16.1 Å². The van der Waals surface area contributed by atoms with Crippen molar-refractivity contribution in [2.45, 2.75) is 31.6 Å². The molecule has 0 spiro atoms. The number of methoxy groups -OCH3 is 1. The van der Waals surface area contributed by atoms with Gasteiger partial charge < -0.3 is 15.0 Å². The number of aromatic nitrogens is 2. The molecule has 9 heteroatoms. The molecule has 0 bridgehead atoms. The quantitative estimate of drug-likeness (QED) is 0.202. The third-order valence-corrected chi connectivity index (χ3v) is 6.74. The highest BCUT2D eigenvalue weighted by Crippen LogP contribution is 2.28. The number of carbonyl (C=O) groups is 2. The van der Waals surface area contributed by atoms with Gasteiger partial charge in [0.05, 0.1) is 12.9 Å². The number of hydrogen-bond donors (Lipinski definition) is 1. The summed E-state index contributed by atoms with van der Waals surface area (Å²) in [5, 5.41) is 3.39. The summed E-state index contributed by atoms with van der Waals surface area (Å²) in [4.78, 5) is 37.9. The van der Waals surface area contributed by atoms with Crippen LogP contribution in [0.4, 0.5) is 10.1 Å². The van der Waals surface area contributed by atoms with Gasteiger partial charge in [-0.2, -0.15) is 0 Å². The lowest BCUT2D eigenvalue weighted by atomic mass is 10.0. The number of aryl methyl sites for hydroxylation is 2. The van der Waals surface area contributed by atoms with Crippen molar-refractivity contribution in [3.8, 4) is 5.75 Å². The van der Waals surface area contributed by atoms with Crippen LogP contribution in [0, 0.1) is 19.7 Å². The van der Waals surface area contributed by atoms with Crippen LogP contribution in [0.15, 0.2) is 90.1 Å². The number of anilines is 1. The minimum absolute atomic E-state index is 0.0171. The summed E-state index contributed by atoms with van der Waals surface area (Å²) < 4.78 is 19.0. The fraction of sp³-hybridized carbons (Fsp3) is 0.200. The second kappa shape index (κ2) is 13.0. The van der Waals surface area contributed by atoms with Crippen molar-refractivity contribution in [2.24, 2.45) is 0 Å². The van der Waals surface area contributed by atoms with Crippen LogP contribution >= 0.6 is 11.8 Å². The number of amides is 2. The summed E-state index contributed by atoms with van der Waals surface area (Å²) >= 11 is 1.21. The molecule has 0 aliphatic carbocycles. The van der Waals surface area contributed by atoms with Crippen LogP contribution in [0.5, 0.6) is 5.75 Å². The third-order valence-electron chi connectivity index (χ3n) is 5.91. The largest absolute Gasteiger partial charge is 0.497 e. The van der Waals surface area contributed by atoms with Crippen LogP contribution in [0.25, 0.3) is 0 Å². The van der Waals surface area contributed by atoms with E-state index in [1.807, 2.05) is 50.2 Å². The topological polar surface area (TPSA) is 84.4 Å². The molecule has 0 saturated heterocycles. The number of thioether (sulfide) groups is 1. The standard InChI is InChI=1S/C30H29FN4O3S/c1-20-17-21(2)33-30(32-20)39-19-27(36)35(18-22-7-5-4-6-8-22)28(23-9-11-24(31)12-10-23)29(37)34-25-13-15-26(38-3)16-14-25/h4-17,28H,18-19H2,1-3H3,(H,34,37)/t28-/m0/s1.